The van der Waals surface area contributed by atoms with Crippen molar-refractivity contribution in [1.82, 2.24) is 10.1 Å². The molecule has 1 N–H and O–H groups in total. The number of pyridine rings is 1. The van der Waals surface area contributed by atoms with Crippen molar-refractivity contribution >= 4 is 16.5 Å². The molecule has 0 saturated carbocycles. The summed E-state index contributed by atoms with van der Waals surface area (Å²) in [5.41, 5.74) is 3.12. The molecule has 2 heterocycles. The molecule has 0 radical (unpaired) electrons. The standard InChI is InChI=1S/C15H15N3O/c1-10-13(11(2)19-18-10)9-17-15-5-3-4-12-6-7-16-8-14(12)15/h3-8,17H,9H2,1-2H3. The second kappa shape index (κ2) is 4.72. The van der Waals surface area contributed by atoms with Crippen molar-refractivity contribution in [2.45, 2.75) is 20.4 Å². The molecule has 0 aliphatic carbocycles. The van der Waals surface area contributed by atoms with E-state index in [1.807, 2.05) is 32.2 Å². The van der Waals surface area contributed by atoms with Gasteiger partial charge in [-0.15, -0.1) is 0 Å². The minimum Gasteiger partial charge on any atom is -0.380 e. The van der Waals surface area contributed by atoms with Gasteiger partial charge in [-0.2, -0.15) is 0 Å². The monoisotopic (exact) mass is 253 g/mol. The van der Waals surface area contributed by atoms with E-state index in [9.17, 15) is 0 Å². The Morgan fingerprint density at radius 2 is 2.11 bits per heavy atom. The molecule has 0 spiro atoms. The van der Waals surface area contributed by atoms with E-state index in [0.717, 1.165) is 28.1 Å². The van der Waals surface area contributed by atoms with Gasteiger partial charge in [0.2, 0.25) is 0 Å². The van der Waals surface area contributed by atoms with Gasteiger partial charge in [0.15, 0.2) is 0 Å². The normalized spacial score (nSPS) is 10.8. The number of nitrogens with zero attached hydrogens (tertiary/aromatic N) is 2. The molecule has 4 heteroatoms. The van der Waals surface area contributed by atoms with Crippen LogP contribution < -0.4 is 5.32 Å². The summed E-state index contributed by atoms with van der Waals surface area (Å²) < 4.78 is 5.17. The number of benzene rings is 1. The number of fused-ring (bicyclic) bond motifs is 1. The maximum Gasteiger partial charge on any atom is 0.138 e. The van der Waals surface area contributed by atoms with Crippen molar-refractivity contribution in [3.8, 4) is 0 Å². The van der Waals surface area contributed by atoms with Crippen molar-refractivity contribution in [2.75, 3.05) is 5.32 Å². The topological polar surface area (TPSA) is 51.0 Å². The highest BCUT2D eigenvalue weighted by Crippen LogP contribution is 2.23. The summed E-state index contributed by atoms with van der Waals surface area (Å²) in [6.45, 7) is 4.59. The van der Waals surface area contributed by atoms with Crippen LogP contribution in [0.4, 0.5) is 5.69 Å². The van der Waals surface area contributed by atoms with Gasteiger partial charge in [-0.25, -0.2) is 0 Å². The molecule has 0 aliphatic heterocycles. The first-order chi connectivity index (χ1) is 9.25. The summed E-state index contributed by atoms with van der Waals surface area (Å²) >= 11 is 0. The summed E-state index contributed by atoms with van der Waals surface area (Å²) in [4.78, 5) is 4.18. The SMILES string of the molecule is Cc1noc(C)c1CNc1cccc2ccncc12. The van der Waals surface area contributed by atoms with Crippen molar-refractivity contribution < 1.29 is 4.52 Å². The van der Waals surface area contributed by atoms with E-state index in [4.69, 9.17) is 4.52 Å². The minimum absolute atomic E-state index is 0.704. The van der Waals surface area contributed by atoms with Crippen LogP contribution in [0.1, 0.15) is 17.0 Å². The van der Waals surface area contributed by atoms with Gasteiger partial charge in [-0.05, 0) is 31.4 Å². The Hall–Kier alpha value is -2.36. The fourth-order valence-electron chi connectivity index (χ4n) is 2.21. The summed E-state index contributed by atoms with van der Waals surface area (Å²) in [7, 11) is 0. The van der Waals surface area contributed by atoms with Gasteiger partial charge in [0.05, 0.1) is 5.69 Å². The molecule has 0 atom stereocenters. The van der Waals surface area contributed by atoms with E-state index in [2.05, 4.69) is 27.6 Å². The van der Waals surface area contributed by atoms with Crippen LogP contribution in [-0.4, -0.2) is 10.1 Å². The molecule has 0 aliphatic rings. The molecule has 0 amide bonds. The van der Waals surface area contributed by atoms with Crippen LogP contribution in [-0.2, 0) is 6.54 Å². The lowest BCUT2D eigenvalue weighted by Gasteiger charge is -2.09. The zero-order valence-electron chi connectivity index (χ0n) is 11.0. The predicted octanol–water partition coefficient (Wildman–Crippen LogP) is 3.45. The lowest BCUT2D eigenvalue weighted by Crippen LogP contribution is -2.01. The highest BCUT2D eigenvalue weighted by molar-refractivity contribution is 5.93. The molecule has 2 aromatic heterocycles. The van der Waals surface area contributed by atoms with Crippen LogP contribution in [0.2, 0.25) is 0 Å². The maximum absolute atomic E-state index is 5.17. The van der Waals surface area contributed by atoms with E-state index in [1.54, 1.807) is 6.20 Å². The van der Waals surface area contributed by atoms with Gasteiger partial charge in [0.25, 0.3) is 0 Å². The van der Waals surface area contributed by atoms with Crippen LogP contribution in [0.5, 0.6) is 0 Å². The first kappa shape index (κ1) is 11.7. The third-order valence-corrected chi connectivity index (χ3v) is 3.32. The zero-order chi connectivity index (χ0) is 13.2. The van der Waals surface area contributed by atoms with Gasteiger partial charge in [0, 0.05) is 35.6 Å². The first-order valence-corrected chi connectivity index (χ1v) is 6.24. The molecule has 0 unspecified atom stereocenters. The first-order valence-electron chi connectivity index (χ1n) is 6.24. The molecule has 96 valence electrons. The van der Waals surface area contributed by atoms with Gasteiger partial charge in [-0.1, -0.05) is 17.3 Å². The average Bonchev–Trinajstić information content (AvgIpc) is 2.76. The smallest absolute Gasteiger partial charge is 0.138 e. The molecule has 0 fully saturated rings. The fraction of sp³-hybridized carbons (Fsp3) is 0.200. The number of aromatic nitrogens is 2. The molecule has 1 aromatic carbocycles. The minimum atomic E-state index is 0.704. The van der Waals surface area contributed by atoms with E-state index < -0.39 is 0 Å². The van der Waals surface area contributed by atoms with Crippen LogP contribution in [0.3, 0.4) is 0 Å². The summed E-state index contributed by atoms with van der Waals surface area (Å²) in [5.74, 6) is 0.864. The van der Waals surface area contributed by atoms with Crippen LogP contribution >= 0.6 is 0 Å². The number of hydrogen-bond donors (Lipinski definition) is 1. The molecule has 3 aromatic rings. The summed E-state index contributed by atoms with van der Waals surface area (Å²) in [5, 5.41) is 9.70. The predicted molar refractivity (Wildman–Crippen MR) is 75.0 cm³/mol. The van der Waals surface area contributed by atoms with Gasteiger partial charge >= 0.3 is 0 Å². The van der Waals surface area contributed by atoms with E-state index in [0.29, 0.717) is 6.54 Å². The molecular formula is C15H15N3O. The lowest BCUT2D eigenvalue weighted by atomic mass is 10.1. The molecule has 19 heavy (non-hydrogen) atoms. The summed E-state index contributed by atoms with van der Waals surface area (Å²) in [6, 6.07) is 8.19. The van der Waals surface area contributed by atoms with Gasteiger partial charge in [0.1, 0.15) is 5.76 Å². The van der Waals surface area contributed by atoms with E-state index >= 15 is 0 Å². The quantitative estimate of drug-likeness (QED) is 0.776. The maximum atomic E-state index is 5.17. The van der Waals surface area contributed by atoms with Crippen LogP contribution in [0.25, 0.3) is 10.8 Å². The Labute approximate surface area is 111 Å². The van der Waals surface area contributed by atoms with Crippen molar-refractivity contribution in [3.05, 3.63) is 53.7 Å². The second-order valence-electron chi connectivity index (χ2n) is 4.56. The Morgan fingerprint density at radius 1 is 1.21 bits per heavy atom. The highest BCUT2D eigenvalue weighted by atomic mass is 16.5. The highest BCUT2D eigenvalue weighted by Gasteiger charge is 2.09. The Balaban J connectivity index is 1.90. The zero-order valence-corrected chi connectivity index (χ0v) is 11.0. The number of rotatable bonds is 3. The van der Waals surface area contributed by atoms with Gasteiger partial charge in [-0.3, -0.25) is 4.98 Å². The number of nitrogens with one attached hydrogen (secondary N) is 1. The Kier molecular flexibility index (Phi) is 2.91. The number of anilines is 1. The third kappa shape index (κ3) is 2.17. The lowest BCUT2D eigenvalue weighted by molar-refractivity contribution is 0.392. The van der Waals surface area contributed by atoms with Crippen molar-refractivity contribution in [3.63, 3.8) is 0 Å². The van der Waals surface area contributed by atoms with Crippen molar-refractivity contribution in [1.29, 1.82) is 0 Å². The fourth-order valence-corrected chi connectivity index (χ4v) is 2.21. The third-order valence-electron chi connectivity index (χ3n) is 3.32. The van der Waals surface area contributed by atoms with Crippen LogP contribution in [0, 0.1) is 13.8 Å². The number of hydrogen-bond acceptors (Lipinski definition) is 4. The Morgan fingerprint density at radius 3 is 2.89 bits per heavy atom. The Bertz CT molecular complexity index is 693. The second-order valence-corrected chi connectivity index (χ2v) is 4.56. The molecule has 0 bridgehead atoms. The van der Waals surface area contributed by atoms with Gasteiger partial charge < -0.3 is 9.84 Å². The molecule has 0 saturated heterocycles. The van der Waals surface area contributed by atoms with Crippen LogP contribution in [0.15, 0.2) is 41.2 Å². The van der Waals surface area contributed by atoms with E-state index in [-0.39, 0.29) is 0 Å². The average molecular weight is 253 g/mol. The van der Waals surface area contributed by atoms with E-state index in [1.165, 1.54) is 5.39 Å². The molecule has 4 nitrogen and oxygen atoms in total. The molecule has 3 rings (SSSR count). The number of aryl methyl sites for hydroxylation is 2. The van der Waals surface area contributed by atoms with Crippen molar-refractivity contribution in [2.24, 2.45) is 0 Å². The summed E-state index contributed by atoms with van der Waals surface area (Å²) in [6.07, 6.45) is 3.69. The molecular weight excluding hydrogens is 238 g/mol. The largest absolute Gasteiger partial charge is 0.380 e.